The van der Waals surface area contributed by atoms with E-state index in [0.29, 0.717) is 39.9 Å². The number of aromatic nitrogens is 1. The van der Waals surface area contributed by atoms with Crippen molar-refractivity contribution >= 4 is 29.2 Å². The van der Waals surface area contributed by atoms with E-state index in [9.17, 15) is 9.59 Å². The standard InChI is InChI=1S/C27H29ClN2O7/c1-15(2)14-30-20-9-8-16(28)10-19(20)25(18-6-5-7-21(34-3)26(18)35-4)37-22(27(30)33)12-23-29-13-17(36-23)11-24(31)32/h5-10,13,15,22,25H,11-12,14H2,1-4H3,(H,31,32)/t22-,25-/m1/s1. The van der Waals surface area contributed by atoms with Crippen molar-refractivity contribution in [2.24, 2.45) is 5.92 Å². The van der Waals surface area contributed by atoms with E-state index in [2.05, 4.69) is 4.98 Å². The molecule has 0 fully saturated rings. The number of amides is 1. The number of carboxylic acid groups (broad SMARTS) is 1. The maximum atomic E-state index is 13.9. The molecule has 1 N–H and O–H groups in total. The van der Waals surface area contributed by atoms with Gasteiger partial charge >= 0.3 is 5.97 Å². The maximum Gasteiger partial charge on any atom is 0.311 e. The number of halogens is 1. The number of oxazole rings is 1. The third-order valence-electron chi connectivity index (χ3n) is 5.96. The smallest absolute Gasteiger partial charge is 0.311 e. The number of carbonyl (C=O) groups is 2. The Labute approximate surface area is 219 Å². The monoisotopic (exact) mass is 528 g/mol. The van der Waals surface area contributed by atoms with Gasteiger partial charge in [-0.3, -0.25) is 9.59 Å². The van der Waals surface area contributed by atoms with Gasteiger partial charge in [0.05, 0.1) is 26.8 Å². The average molecular weight is 529 g/mol. The van der Waals surface area contributed by atoms with E-state index in [1.807, 2.05) is 32.0 Å². The summed E-state index contributed by atoms with van der Waals surface area (Å²) in [6, 6.07) is 10.8. The first-order chi connectivity index (χ1) is 17.7. The van der Waals surface area contributed by atoms with Crippen LogP contribution in [0.25, 0.3) is 0 Å². The van der Waals surface area contributed by atoms with E-state index in [0.717, 1.165) is 0 Å². The van der Waals surface area contributed by atoms with Gasteiger partial charge in [-0.2, -0.15) is 0 Å². The van der Waals surface area contributed by atoms with Gasteiger partial charge in [0.1, 0.15) is 24.4 Å². The van der Waals surface area contributed by atoms with Gasteiger partial charge in [-0.05, 0) is 30.2 Å². The summed E-state index contributed by atoms with van der Waals surface area (Å²) in [6.45, 7) is 4.50. The number of rotatable bonds is 9. The molecule has 0 saturated heterocycles. The molecule has 0 spiro atoms. The fraction of sp³-hybridized carbons (Fsp3) is 0.370. The molecular weight excluding hydrogens is 500 g/mol. The number of ether oxygens (including phenoxy) is 3. The van der Waals surface area contributed by atoms with E-state index in [1.165, 1.54) is 6.20 Å². The quantitative estimate of drug-likeness (QED) is 0.425. The Kier molecular flexibility index (Phi) is 8.04. The number of methoxy groups -OCH3 is 2. The zero-order valence-corrected chi connectivity index (χ0v) is 21.8. The van der Waals surface area contributed by atoms with Crippen molar-refractivity contribution in [3.05, 3.63) is 70.4 Å². The van der Waals surface area contributed by atoms with Crippen LogP contribution in [0.5, 0.6) is 11.5 Å². The Morgan fingerprint density at radius 3 is 2.65 bits per heavy atom. The van der Waals surface area contributed by atoms with Crippen molar-refractivity contribution in [2.75, 3.05) is 25.7 Å². The highest BCUT2D eigenvalue weighted by Gasteiger charge is 2.39. The summed E-state index contributed by atoms with van der Waals surface area (Å²) in [5, 5.41) is 9.56. The normalized spacial score (nSPS) is 17.5. The summed E-state index contributed by atoms with van der Waals surface area (Å²) >= 11 is 6.43. The first kappa shape index (κ1) is 26.5. The molecule has 37 heavy (non-hydrogen) atoms. The minimum absolute atomic E-state index is 0.0115. The van der Waals surface area contributed by atoms with Gasteiger partial charge in [0.25, 0.3) is 5.91 Å². The second kappa shape index (κ2) is 11.2. The predicted molar refractivity (Wildman–Crippen MR) is 136 cm³/mol. The molecule has 2 heterocycles. The van der Waals surface area contributed by atoms with Gasteiger partial charge in [-0.15, -0.1) is 0 Å². The number of benzene rings is 2. The van der Waals surface area contributed by atoms with Crippen molar-refractivity contribution in [2.45, 2.75) is 38.9 Å². The van der Waals surface area contributed by atoms with Crippen molar-refractivity contribution < 1.29 is 33.3 Å². The van der Waals surface area contributed by atoms with E-state index < -0.39 is 18.2 Å². The first-order valence-electron chi connectivity index (χ1n) is 11.8. The molecule has 2 atom stereocenters. The number of nitrogens with zero attached hydrogens (tertiary/aromatic N) is 2. The molecule has 2 aromatic carbocycles. The number of fused-ring (bicyclic) bond motifs is 1. The van der Waals surface area contributed by atoms with Crippen LogP contribution in [0.15, 0.2) is 47.0 Å². The zero-order valence-electron chi connectivity index (χ0n) is 21.1. The fourth-order valence-corrected chi connectivity index (χ4v) is 4.63. The van der Waals surface area contributed by atoms with Crippen LogP contribution in [0.4, 0.5) is 5.69 Å². The van der Waals surface area contributed by atoms with Crippen molar-refractivity contribution in [1.82, 2.24) is 4.98 Å². The van der Waals surface area contributed by atoms with E-state index in [1.54, 1.807) is 37.3 Å². The molecular formula is C27H29ClN2O7. The summed E-state index contributed by atoms with van der Waals surface area (Å²) in [7, 11) is 3.09. The van der Waals surface area contributed by atoms with Crippen LogP contribution in [0.1, 0.15) is 42.7 Å². The molecule has 1 aliphatic rings. The lowest BCUT2D eigenvalue weighted by molar-refractivity contribution is -0.136. The van der Waals surface area contributed by atoms with E-state index in [-0.39, 0.29) is 36.3 Å². The number of hydrogen-bond acceptors (Lipinski definition) is 7. The second-order valence-electron chi connectivity index (χ2n) is 9.13. The number of carboxylic acids is 1. The molecule has 0 radical (unpaired) electrons. The Hall–Kier alpha value is -3.56. The molecule has 3 aromatic rings. The third kappa shape index (κ3) is 5.73. The van der Waals surface area contributed by atoms with Crippen LogP contribution in [0, 0.1) is 5.92 Å². The predicted octanol–water partition coefficient (Wildman–Crippen LogP) is 4.69. The van der Waals surface area contributed by atoms with Gasteiger partial charge < -0.3 is 28.6 Å². The molecule has 1 aromatic heterocycles. The van der Waals surface area contributed by atoms with Crippen molar-refractivity contribution in [3.63, 3.8) is 0 Å². The summed E-state index contributed by atoms with van der Waals surface area (Å²) in [5.74, 6) is 0.265. The Morgan fingerprint density at radius 1 is 1.19 bits per heavy atom. The Balaban J connectivity index is 1.84. The minimum Gasteiger partial charge on any atom is -0.493 e. The van der Waals surface area contributed by atoms with Crippen LogP contribution in [-0.4, -0.2) is 48.8 Å². The van der Waals surface area contributed by atoms with Gasteiger partial charge in [-0.25, -0.2) is 4.98 Å². The Bertz CT molecular complexity index is 1290. The van der Waals surface area contributed by atoms with E-state index >= 15 is 0 Å². The van der Waals surface area contributed by atoms with Crippen molar-refractivity contribution in [3.8, 4) is 11.5 Å². The highest BCUT2D eigenvalue weighted by Crippen LogP contribution is 2.45. The largest absolute Gasteiger partial charge is 0.493 e. The molecule has 0 unspecified atom stereocenters. The van der Waals surface area contributed by atoms with Crippen LogP contribution < -0.4 is 14.4 Å². The molecule has 196 valence electrons. The molecule has 9 nitrogen and oxygen atoms in total. The lowest BCUT2D eigenvalue weighted by atomic mass is 9.97. The number of aliphatic carboxylic acids is 1. The highest BCUT2D eigenvalue weighted by atomic mass is 35.5. The number of para-hydroxylation sites is 1. The number of carbonyl (C=O) groups excluding carboxylic acids is 1. The molecule has 0 saturated carbocycles. The Morgan fingerprint density at radius 2 is 1.97 bits per heavy atom. The molecule has 1 amide bonds. The zero-order chi connectivity index (χ0) is 26.7. The lowest BCUT2D eigenvalue weighted by Gasteiger charge is -2.26. The topological polar surface area (TPSA) is 111 Å². The summed E-state index contributed by atoms with van der Waals surface area (Å²) in [6.07, 6.45) is -0.662. The summed E-state index contributed by atoms with van der Waals surface area (Å²) < 4.78 is 23.4. The van der Waals surface area contributed by atoms with Gasteiger partial charge in [0, 0.05) is 28.4 Å². The van der Waals surface area contributed by atoms with Crippen LogP contribution in [-0.2, 0) is 27.2 Å². The minimum atomic E-state index is -1.04. The first-order valence-corrected chi connectivity index (χ1v) is 12.2. The van der Waals surface area contributed by atoms with Crippen molar-refractivity contribution in [1.29, 1.82) is 0 Å². The second-order valence-corrected chi connectivity index (χ2v) is 9.56. The fourth-order valence-electron chi connectivity index (χ4n) is 4.45. The SMILES string of the molecule is COc1cccc([C@H]2O[C@H](Cc3ncc(CC(=O)O)o3)C(=O)N(CC(C)C)c3ccc(Cl)cc32)c1OC. The van der Waals surface area contributed by atoms with E-state index in [4.69, 9.17) is 35.3 Å². The van der Waals surface area contributed by atoms with Gasteiger partial charge in [0.2, 0.25) is 0 Å². The van der Waals surface area contributed by atoms with Crippen LogP contribution in [0.3, 0.4) is 0 Å². The number of anilines is 1. The molecule has 1 aliphatic heterocycles. The molecule has 0 aliphatic carbocycles. The molecule has 0 bridgehead atoms. The summed E-state index contributed by atoms with van der Waals surface area (Å²) in [5.41, 5.74) is 2.04. The molecule has 4 rings (SSSR count). The van der Waals surface area contributed by atoms with Gasteiger partial charge in [-0.1, -0.05) is 37.6 Å². The third-order valence-corrected chi connectivity index (χ3v) is 6.19. The summed E-state index contributed by atoms with van der Waals surface area (Å²) in [4.78, 5) is 30.9. The maximum absolute atomic E-state index is 13.9. The highest BCUT2D eigenvalue weighted by molar-refractivity contribution is 6.30. The van der Waals surface area contributed by atoms with Crippen LogP contribution in [0.2, 0.25) is 5.02 Å². The van der Waals surface area contributed by atoms with Gasteiger partial charge in [0.15, 0.2) is 17.4 Å². The van der Waals surface area contributed by atoms with Crippen LogP contribution >= 0.6 is 11.6 Å². The molecule has 10 heteroatoms. The lowest BCUT2D eigenvalue weighted by Crippen LogP contribution is -2.42. The number of hydrogen-bond donors (Lipinski definition) is 1. The average Bonchev–Trinajstić information content (AvgIpc) is 3.26.